The van der Waals surface area contributed by atoms with Gasteiger partial charge in [-0.05, 0) is 40.6 Å². The second-order valence-corrected chi connectivity index (χ2v) is 8.05. The molecule has 1 aromatic carbocycles. The van der Waals surface area contributed by atoms with Crippen LogP contribution in [0.3, 0.4) is 0 Å². The number of nitrogens with zero attached hydrogens (tertiary/aromatic N) is 5. The van der Waals surface area contributed by atoms with Gasteiger partial charge in [0.05, 0.1) is 38.1 Å². The van der Waals surface area contributed by atoms with Crippen molar-refractivity contribution >= 4 is 5.69 Å². The molecule has 0 radical (unpaired) electrons. The minimum atomic E-state index is -0.155. The van der Waals surface area contributed by atoms with E-state index < -0.39 is 0 Å². The van der Waals surface area contributed by atoms with Crippen LogP contribution in [-0.4, -0.2) is 46.4 Å². The third-order valence-electron chi connectivity index (χ3n) is 5.56. The lowest BCUT2D eigenvalue weighted by Gasteiger charge is -2.37. The second kappa shape index (κ2) is 8.73. The molecule has 3 heterocycles. The molecule has 1 atom stereocenters. The average molecular weight is 399 g/mol. The highest BCUT2D eigenvalue weighted by atomic mass is 19.1. The van der Waals surface area contributed by atoms with Crippen LogP contribution in [0.5, 0.6) is 0 Å². The van der Waals surface area contributed by atoms with E-state index in [1.165, 1.54) is 11.0 Å². The first-order chi connectivity index (χ1) is 14.1. The van der Waals surface area contributed by atoms with Crippen LogP contribution in [0.25, 0.3) is 0 Å². The van der Waals surface area contributed by atoms with Crippen LogP contribution in [0.15, 0.2) is 47.1 Å². The lowest BCUT2D eigenvalue weighted by molar-refractivity contribution is -0.934. The molecule has 0 spiro atoms. The van der Waals surface area contributed by atoms with Gasteiger partial charge in [-0.3, -0.25) is 0 Å². The Morgan fingerprint density at radius 2 is 1.93 bits per heavy atom. The molecule has 154 valence electrons. The normalized spacial score (nSPS) is 16.5. The number of benzene rings is 1. The largest absolute Gasteiger partial charge is 0.467 e. The van der Waals surface area contributed by atoms with Gasteiger partial charge in [-0.15, -0.1) is 5.10 Å². The van der Waals surface area contributed by atoms with Gasteiger partial charge in [-0.2, -0.15) is 0 Å². The van der Waals surface area contributed by atoms with Crippen LogP contribution in [-0.2, 0) is 6.54 Å². The van der Waals surface area contributed by atoms with E-state index in [4.69, 9.17) is 4.42 Å². The van der Waals surface area contributed by atoms with Crippen molar-refractivity contribution in [1.29, 1.82) is 0 Å². The van der Waals surface area contributed by atoms with Gasteiger partial charge in [0, 0.05) is 6.42 Å². The Bertz CT molecular complexity index is 902. The number of tetrazole rings is 1. The number of anilines is 1. The molecule has 1 N–H and O–H groups in total. The number of nitrogens with one attached hydrogen (secondary N) is 1. The van der Waals surface area contributed by atoms with Gasteiger partial charge >= 0.3 is 0 Å². The van der Waals surface area contributed by atoms with E-state index in [9.17, 15) is 4.39 Å². The number of quaternary nitrogens is 1. The van der Waals surface area contributed by atoms with E-state index in [0.717, 1.165) is 44.2 Å². The number of furan rings is 1. The number of aromatic nitrogens is 4. The highest BCUT2D eigenvalue weighted by Crippen LogP contribution is 2.21. The summed E-state index contributed by atoms with van der Waals surface area (Å²) in [5.41, 5.74) is 0.689. The molecule has 2 aromatic heterocycles. The molecule has 0 unspecified atom stereocenters. The van der Waals surface area contributed by atoms with Crippen LogP contribution in [0.2, 0.25) is 0 Å². The Morgan fingerprint density at radius 3 is 2.62 bits per heavy atom. The molecular formula is C21H28FN6O+. The van der Waals surface area contributed by atoms with Crippen molar-refractivity contribution in [1.82, 2.24) is 20.2 Å². The minimum absolute atomic E-state index is 0.155. The topological polar surface area (TPSA) is 64.4 Å². The number of piperazine rings is 1. The Hall–Kier alpha value is -2.74. The summed E-state index contributed by atoms with van der Waals surface area (Å²) in [6.07, 6.45) is 2.66. The summed E-state index contributed by atoms with van der Waals surface area (Å²) in [7, 11) is 0. The lowest BCUT2D eigenvalue weighted by Crippen LogP contribution is -3.15. The van der Waals surface area contributed by atoms with Crippen LogP contribution in [0, 0.1) is 11.7 Å². The van der Waals surface area contributed by atoms with Gasteiger partial charge in [-0.25, -0.2) is 9.07 Å². The van der Waals surface area contributed by atoms with Gasteiger partial charge in [0.15, 0.2) is 0 Å². The van der Waals surface area contributed by atoms with Crippen LogP contribution in [0.4, 0.5) is 10.1 Å². The summed E-state index contributed by atoms with van der Waals surface area (Å²) in [6.45, 7) is 8.43. The number of hydrogen-bond acceptors (Lipinski definition) is 5. The van der Waals surface area contributed by atoms with Crippen LogP contribution in [0.1, 0.15) is 37.9 Å². The Kier molecular flexibility index (Phi) is 5.89. The Balaban J connectivity index is 1.50. The first-order valence-corrected chi connectivity index (χ1v) is 10.2. The highest BCUT2D eigenvalue weighted by molar-refractivity contribution is 5.47. The highest BCUT2D eigenvalue weighted by Gasteiger charge is 2.33. The van der Waals surface area contributed by atoms with Crippen molar-refractivity contribution in [3.63, 3.8) is 0 Å². The fourth-order valence-electron chi connectivity index (χ4n) is 4.14. The average Bonchev–Trinajstić information content (AvgIpc) is 3.39. The standard InChI is InChI=1S/C21H27FN6O/c1-16(2)14-20(21-23-24-25-28(21)15-17-6-5-13-29-17)27-11-9-26(10-12-27)19-8-4-3-7-18(19)22/h3-8,13,16,20H,9-12,14-15H2,1-2H3/p+1/t20-/m0/s1. The molecule has 7 nitrogen and oxygen atoms in total. The Labute approximate surface area is 170 Å². The third kappa shape index (κ3) is 4.48. The van der Waals surface area contributed by atoms with Gasteiger partial charge in [0.25, 0.3) is 0 Å². The number of rotatable bonds is 7. The van der Waals surface area contributed by atoms with Crippen molar-refractivity contribution in [3.05, 3.63) is 60.1 Å². The molecule has 0 aliphatic carbocycles. The maximum absolute atomic E-state index is 14.2. The van der Waals surface area contributed by atoms with E-state index in [-0.39, 0.29) is 11.9 Å². The summed E-state index contributed by atoms with van der Waals surface area (Å²) >= 11 is 0. The van der Waals surface area contributed by atoms with Crippen LogP contribution >= 0.6 is 0 Å². The molecule has 3 aromatic rings. The number of hydrogen-bond donors (Lipinski definition) is 1. The van der Waals surface area contributed by atoms with E-state index in [2.05, 4.69) is 34.3 Å². The molecule has 29 heavy (non-hydrogen) atoms. The van der Waals surface area contributed by atoms with Crippen molar-refractivity contribution in [2.45, 2.75) is 32.9 Å². The molecule has 4 rings (SSSR count). The predicted molar refractivity (Wildman–Crippen MR) is 107 cm³/mol. The predicted octanol–water partition coefficient (Wildman–Crippen LogP) is 1.95. The molecule has 0 saturated carbocycles. The monoisotopic (exact) mass is 399 g/mol. The summed E-state index contributed by atoms with van der Waals surface area (Å²) in [5, 5.41) is 12.5. The zero-order valence-corrected chi connectivity index (χ0v) is 17.0. The molecule has 1 saturated heterocycles. The molecule has 8 heteroatoms. The summed E-state index contributed by atoms with van der Waals surface area (Å²) in [4.78, 5) is 3.58. The molecular weight excluding hydrogens is 371 g/mol. The Morgan fingerprint density at radius 1 is 1.14 bits per heavy atom. The van der Waals surface area contributed by atoms with Gasteiger partial charge < -0.3 is 14.2 Å². The van der Waals surface area contributed by atoms with E-state index >= 15 is 0 Å². The quantitative estimate of drug-likeness (QED) is 0.658. The smallest absolute Gasteiger partial charge is 0.209 e. The molecule has 1 aliphatic heterocycles. The van der Waals surface area contributed by atoms with Crippen molar-refractivity contribution in [2.24, 2.45) is 5.92 Å². The molecule has 0 amide bonds. The fraction of sp³-hybridized carbons (Fsp3) is 0.476. The minimum Gasteiger partial charge on any atom is -0.467 e. The van der Waals surface area contributed by atoms with Crippen molar-refractivity contribution in [2.75, 3.05) is 31.1 Å². The zero-order chi connectivity index (χ0) is 20.2. The number of halogens is 1. The van der Waals surface area contributed by atoms with Gasteiger partial charge in [0.2, 0.25) is 5.82 Å². The van der Waals surface area contributed by atoms with Crippen LogP contribution < -0.4 is 9.80 Å². The van der Waals surface area contributed by atoms with Crippen molar-refractivity contribution in [3.8, 4) is 0 Å². The number of para-hydroxylation sites is 1. The zero-order valence-electron chi connectivity index (χ0n) is 17.0. The first-order valence-electron chi connectivity index (χ1n) is 10.2. The van der Waals surface area contributed by atoms with Gasteiger partial charge in [0.1, 0.15) is 24.2 Å². The lowest BCUT2D eigenvalue weighted by atomic mass is 10.0. The second-order valence-electron chi connectivity index (χ2n) is 8.05. The SMILES string of the molecule is CC(C)C[C@@H](c1nnnn1Cc1ccco1)[NH+]1CCN(c2ccccc2F)CC1. The first kappa shape index (κ1) is 19.6. The van der Waals surface area contributed by atoms with E-state index in [0.29, 0.717) is 18.2 Å². The molecule has 0 bridgehead atoms. The van der Waals surface area contributed by atoms with E-state index in [1.807, 2.05) is 28.9 Å². The maximum atomic E-state index is 14.2. The summed E-state index contributed by atoms with van der Waals surface area (Å²) in [5.74, 6) is 2.09. The maximum Gasteiger partial charge on any atom is 0.209 e. The molecule has 1 aliphatic rings. The molecule has 1 fully saturated rings. The summed E-state index contributed by atoms with van der Waals surface area (Å²) < 4.78 is 21.5. The van der Waals surface area contributed by atoms with E-state index in [1.54, 1.807) is 12.3 Å². The van der Waals surface area contributed by atoms with Gasteiger partial charge in [-0.1, -0.05) is 26.0 Å². The summed E-state index contributed by atoms with van der Waals surface area (Å²) in [6, 6.07) is 11.0. The fourth-order valence-corrected chi connectivity index (χ4v) is 4.14. The van der Waals surface area contributed by atoms with Crippen molar-refractivity contribution < 1.29 is 13.7 Å². The third-order valence-corrected chi connectivity index (χ3v) is 5.56.